The van der Waals surface area contributed by atoms with E-state index in [2.05, 4.69) is 16.8 Å². The molecule has 2 rings (SSSR count). The lowest BCUT2D eigenvalue weighted by atomic mass is 9.94. The van der Waals surface area contributed by atoms with Gasteiger partial charge in [-0.1, -0.05) is 6.08 Å². The van der Waals surface area contributed by atoms with Crippen molar-refractivity contribution in [3.63, 3.8) is 0 Å². The number of nitrogens with one attached hydrogen (secondary N) is 1. The molecule has 0 bridgehead atoms. The van der Waals surface area contributed by atoms with Crippen molar-refractivity contribution in [1.82, 2.24) is 15.1 Å². The quantitative estimate of drug-likeness (QED) is 0.761. The molecule has 2 heterocycles. The zero-order valence-corrected chi connectivity index (χ0v) is 16.6. The topological polar surface area (TPSA) is 61.9 Å². The van der Waals surface area contributed by atoms with Gasteiger partial charge in [-0.25, -0.2) is 4.79 Å². The van der Waals surface area contributed by atoms with Gasteiger partial charge in [-0.05, 0) is 52.4 Å². The van der Waals surface area contributed by atoms with E-state index >= 15 is 0 Å². The number of carbonyl (C=O) groups excluding carboxylic acids is 2. The summed E-state index contributed by atoms with van der Waals surface area (Å²) >= 11 is 0. The normalized spacial score (nSPS) is 20.7. The maximum absolute atomic E-state index is 11.9. The van der Waals surface area contributed by atoms with Crippen molar-refractivity contribution >= 4 is 12.0 Å². The first-order valence-corrected chi connectivity index (χ1v) is 9.87. The molecule has 6 nitrogen and oxygen atoms in total. The van der Waals surface area contributed by atoms with Crippen molar-refractivity contribution in [1.29, 1.82) is 0 Å². The fourth-order valence-corrected chi connectivity index (χ4v) is 3.72. The Bertz CT molecular complexity index is 485. The molecule has 2 aliphatic heterocycles. The Hall–Kier alpha value is -1.56. The van der Waals surface area contributed by atoms with Crippen LogP contribution in [0, 0.1) is 5.92 Å². The Labute approximate surface area is 157 Å². The van der Waals surface area contributed by atoms with E-state index in [1.165, 1.54) is 0 Å². The molecule has 0 unspecified atom stereocenters. The number of amides is 2. The van der Waals surface area contributed by atoms with Gasteiger partial charge in [0.1, 0.15) is 5.60 Å². The Morgan fingerprint density at radius 3 is 2.27 bits per heavy atom. The summed E-state index contributed by atoms with van der Waals surface area (Å²) in [5.41, 5.74) is -0.452. The number of hydrogen-bond donors (Lipinski definition) is 1. The molecule has 26 heavy (non-hydrogen) atoms. The molecular weight excluding hydrogens is 330 g/mol. The largest absolute Gasteiger partial charge is 0.444 e. The van der Waals surface area contributed by atoms with Crippen molar-refractivity contribution in [3.05, 3.63) is 12.7 Å². The minimum absolute atomic E-state index is 0.201. The van der Waals surface area contributed by atoms with E-state index in [4.69, 9.17) is 4.74 Å². The number of piperidine rings is 2. The van der Waals surface area contributed by atoms with Crippen LogP contribution in [-0.2, 0) is 9.53 Å². The monoisotopic (exact) mass is 365 g/mol. The van der Waals surface area contributed by atoms with Crippen molar-refractivity contribution in [3.8, 4) is 0 Å². The average molecular weight is 366 g/mol. The summed E-state index contributed by atoms with van der Waals surface area (Å²) in [5, 5.41) is 2.99. The van der Waals surface area contributed by atoms with Gasteiger partial charge in [-0.3, -0.25) is 4.79 Å². The first kappa shape index (κ1) is 20.7. The SMILES string of the molecule is C=CCC(=O)N1CCC(CN2CCC(NC(=O)OC(C)(C)C)CC2)CC1. The highest BCUT2D eigenvalue weighted by Gasteiger charge is 2.27. The fraction of sp³-hybridized carbons (Fsp3) is 0.800. The minimum atomic E-state index is -0.452. The Morgan fingerprint density at radius 1 is 1.12 bits per heavy atom. The van der Waals surface area contributed by atoms with Crippen molar-refractivity contribution in [2.75, 3.05) is 32.7 Å². The number of rotatable bonds is 5. The maximum atomic E-state index is 11.9. The van der Waals surface area contributed by atoms with Gasteiger partial charge >= 0.3 is 6.09 Å². The third-order valence-corrected chi connectivity index (χ3v) is 5.11. The minimum Gasteiger partial charge on any atom is -0.444 e. The molecule has 0 aromatic rings. The third kappa shape index (κ3) is 6.98. The van der Waals surface area contributed by atoms with E-state index in [1.807, 2.05) is 25.7 Å². The summed E-state index contributed by atoms with van der Waals surface area (Å²) in [6.07, 6.45) is 5.92. The van der Waals surface area contributed by atoms with E-state index < -0.39 is 5.60 Å². The van der Waals surface area contributed by atoms with Crippen LogP contribution in [0.15, 0.2) is 12.7 Å². The molecule has 1 N–H and O–H groups in total. The highest BCUT2D eigenvalue weighted by molar-refractivity contribution is 5.77. The van der Waals surface area contributed by atoms with Crippen LogP contribution in [0.4, 0.5) is 4.79 Å². The molecule has 0 aliphatic carbocycles. The van der Waals surface area contributed by atoms with E-state index in [1.54, 1.807) is 6.08 Å². The van der Waals surface area contributed by atoms with Gasteiger partial charge in [0, 0.05) is 45.2 Å². The summed E-state index contributed by atoms with van der Waals surface area (Å²) < 4.78 is 5.33. The van der Waals surface area contributed by atoms with Crippen LogP contribution in [0.1, 0.15) is 52.9 Å². The molecule has 0 aromatic heterocycles. The third-order valence-electron chi connectivity index (χ3n) is 5.11. The molecule has 0 aromatic carbocycles. The molecule has 148 valence electrons. The van der Waals surface area contributed by atoms with Crippen LogP contribution in [0.3, 0.4) is 0 Å². The first-order valence-electron chi connectivity index (χ1n) is 9.87. The van der Waals surface area contributed by atoms with Crippen LogP contribution < -0.4 is 5.32 Å². The lowest BCUT2D eigenvalue weighted by molar-refractivity contribution is -0.131. The highest BCUT2D eigenvalue weighted by Crippen LogP contribution is 2.21. The average Bonchev–Trinajstić information content (AvgIpc) is 2.56. The number of hydrogen-bond acceptors (Lipinski definition) is 4. The van der Waals surface area contributed by atoms with Crippen molar-refractivity contribution in [2.24, 2.45) is 5.92 Å². The van der Waals surface area contributed by atoms with Gasteiger partial charge in [0.2, 0.25) is 5.91 Å². The maximum Gasteiger partial charge on any atom is 0.407 e. The Balaban J connectivity index is 1.64. The number of nitrogens with zero attached hydrogens (tertiary/aromatic N) is 2. The lowest BCUT2D eigenvalue weighted by Crippen LogP contribution is -2.48. The number of likely N-dealkylation sites (tertiary alicyclic amines) is 2. The Kier molecular flexibility index (Phi) is 7.50. The van der Waals surface area contributed by atoms with Crippen molar-refractivity contribution in [2.45, 2.75) is 64.5 Å². The van der Waals surface area contributed by atoms with Gasteiger partial charge in [0.15, 0.2) is 0 Å². The van der Waals surface area contributed by atoms with E-state index in [0.717, 1.165) is 58.4 Å². The predicted octanol–water partition coefficient (Wildman–Crippen LogP) is 2.79. The van der Waals surface area contributed by atoms with Crippen LogP contribution in [0.25, 0.3) is 0 Å². The molecule has 0 atom stereocenters. The molecule has 2 fully saturated rings. The summed E-state index contributed by atoms with van der Waals surface area (Å²) in [7, 11) is 0. The summed E-state index contributed by atoms with van der Waals surface area (Å²) in [4.78, 5) is 28.2. The zero-order chi connectivity index (χ0) is 19.2. The molecule has 0 saturated carbocycles. The second-order valence-corrected chi connectivity index (χ2v) is 8.54. The van der Waals surface area contributed by atoms with Gasteiger partial charge in [0.25, 0.3) is 0 Å². The standard InChI is InChI=1S/C20H35N3O3/c1-5-6-18(24)23-13-7-16(8-14-23)15-22-11-9-17(10-12-22)21-19(25)26-20(2,3)4/h5,16-17H,1,6-15H2,2-4H3,(H,21,25). The summed E-state index contributed by atoms with van der Waals surface area (Å²) in [6.45, 7) is 14.1. The lowest BCUT2D eigenvalue weighted by Gasteiger charge is -2.37. The van der Waals surface area contributed by atoms with E-state index in [-0.39, 0.29) is 18.0 Å². The van der Waals surface area contributed by atoms with Gasteiger partial charge in [-0.2, -0.15) is 0 Å². The van der Waals surface area contributed by atoms with Crippen LogP contribution >= 0.6 is 0 Å². The second-order valence-electron chi connectivity index (χ2n) is 8.54. The molecular formula is C20H35N3O3. The number of carbonyl (C=O) groups is 2. The molecule has 2 saturated heterocycles. The Morgan fingerprint density at radius 2 is 1.73 bits per heavy atom. The first-order chi connectivity index (χ1) is 12.3. The van der Waals surface area contributed by atoms with Crippen LogP contribution in [-0.4, -0.2) is 66.2 Å². The van der Waals surface area contributed by atoms with Crippen molar-refractivity contribution < 1.29 is 14.3 Å². The summed E-state index contributed by atoms with van der Waals surface area (Å²) in [6, 6.07) is 0.208. The molecule has 6 heteroatoms. The smallest absolute Gasteiger partial charge is 0.407 e. The van der Waals surface area contributed by atoms with Crippen LogP contribution in [0.5, 0.6) is 0 Å². The van der Waals surface area contributed by atoms with Gasteiger partial charge in [0.05, 0.1) is 0 Å². The molecule has 2 aliphatic rings. The zero-order valence-electron chi connectivity index (χ0n) is 16.6. The van der Waals surface area contributed by atoms with Gasteiger partial charge in [-0.15, -0.1) is 6.58 Å². The fourth-order valence-electron chi connectivity index (χ4n) is 3.72. The van der Waals surface area contributed by atoms with E-state index in [9.17, 15) is 9.59 Å². The molecule has 0 spiro atoms. The van der Waals surface area contributed by atoms with Gasteiger partial charge < -0.3 is 19.9 Å². The predicted molar refractivity (Wildman–Crippen MR) is 103 cm³/mol. The second kappa shape index (κ2) is 9.40. The number of alkyl carbamates (subject to hydrolysis) is 1. The molecule has 0 radical (unpaired) electrons. The molecule has 2 amide bonds. The van der Waals surface area contributed by atoms with E-state index in [0.29, 0.717) is 12.3 Å². The summed E-state index contributed by atoms with van der Waals surface area (Å²) in [5.74, 6) is 0.866. The highest BCUT2D eigenvalue weighted by atomic mass is 16.6. The van der Waals surface area contributed by atoms with Crippen LogP contribution in [0.2, 0.25) is 0 Å². The number of ether oxygens (including phenoxy) is 1.